The summed E-state index contributed by atoms with van der Waals surface area (Å²) in [4.78, 5) is 14.1. The quantitative estimate of drug-likeness (QED) is 0.790. The van der Waals surface area contributed by atoms with Gasteiger partial charge in [-0.3, -0.25) is 9.69 Å². The summed E-state index contributed by atoms with van der Waals surface area (Å²) < 4.78 is 0. The molecule has 2 aliphatic rings. The van der Waals surface area contributed by atoms with Crippen LogP contribution in [-0.2, 0) is 4.79 Å². The second-order valence-corrected chi connectivity index (χ2v) is 5.04. The molecule has 1 saturated carbocycles. The van der Waals surface area contributed by atoms with Gasteiger partial charge in [-0.1, -0.05) is 19.3 Å². The van der Waals surface area contributed by atoms with E-state index in [-0.39, 0.29) is 5.91 Å². The molecule has 0 spiro atoms. The van der Waals surface area contributed by atoms with Crippen LogP contribution in [0.2, 0.25) is 0 Å². The van der Waals surface area contributed by atoms with Gasteiger partial charge in [-0.25, -0.2) is 0 Å². The lowest BCUT2D eigenvalue weighted by Crippen LogP contribution is -2.44. The predicted octanol–water partition coefficient (Wildman–Crippen LogP) is 1.74. The zero-order chi connectivity index (χ0) is 11.2. The molecule has 0 aromatic heterocycles. The Balaban J connectivity index is 1.66. The lowest BCUT2D eigenvalue weighted by molar-refractivity contribution is -0.123. The molecule has 1 amide bonds. The molecule has 0 aromatic carbocycles. The van der Waals surface area contributed by atoms with Crippen molar-refractivity contribution < 1.29 is 4.79 Å². The van der Waals surface area contributed by atoms with Gasteiger partial charge in [-0.2, -0.15) is 0 Å². The lowest BCUT2D eigenvalue weighted by Gasteiger charge is -2.28. The third kappa shape index (κ3) is 3.78. The number of amides is 1. The van der Waals surface area contributed by atoms with Crippen LogP contribution in [0, 0.1) is 6.42 Å². The van der Waals surface area contributed by atoms with Crippen LogP contribution in [0.1, 0.15) is 44.9 Å². The SMILES string of the molecule is O=C(CN1CC[CH]CC1)NC1CCCCC1. The highest BCUT2D eigenvalue weighted by molar-refractivity contribution is 5.78. The van der Waals surface area contributed by atoms with Crippen LogP contribution in [0.5, 0.6) is 0 Å². The van der Waals surface area contributed by atoms with E-state index in [2.05, 4.69) is 16.6 Å². The third-order valence-electron chi connectivity index (χ3n) is 3.64. The van der Waals surface area contributed by atoms with E-state index in [4.69, 9.17) is 0 Å². The van der Waals surface area contributed by atoms with Crippen molar-refractivity contribution in [1.29, 1.82) is 0 Å². The summed E-state index contributed by atoms with van der Waals surface area (Å²) in [6.07, 6.45) is 10.9. The van der Waals surface area contributed by atoms with Crippen molar-refractivity contribution in [2.75, 3.05) is 19.6 Å². The van der Waals surface area contributed by atoms with Gasteiger partial charge in [0.2, 0.25) is 5.91 Å². The van der Waals surface area contributed by atoms with Gasteiger partial charge in [0.15, 0.2) is 0 Å². The first-order valence-electron chi connectivity index (χ1n) is 6.68. The van der Waals surface area contributed by atoms with Crippen LogP contribution in [0.25, 0.3) is 0 Å². The standard InChI is InChI=1S/C13H23N2O/c16-13(11-15-9-5-2-6-10-15)14-12-7-3-1-4-8-12/h2,12H,1,3-11H2,(H,14,16). The molecular weight excluding hydrogens is 200 g/mol. The Bertz CT molecular complexity index is 196. The average molecular weight is 223 g/mol. The summed E-state index contributed by atoms with van der Waals surface area (Å²) in [5, 5.41) is 3.18. The number of nitrogens with one attached hydrogen (secondary N) is 1. The zero-order valence-electron chi connectivity index (χ0n) is 10.1. The molecule has 2 fully saturated rings. The van der Waals surface area contributed by atoms with E-state index in [0.29, 0.717) is 12.6 Å². The van der Waals surface area contributed by atoms with E-state index >= 15 is 0 Å². The van der Waals surface area contributed by atoms with Crippen LogP contribution < -0.4 is 5.32 Å². The maximum atomic E-state index is 11.8. The molecule has 1 N–H and O–H groups in total. The van der Waals surface area contributed by atoms with E-state index in [9.17, 15) is 4.79 Å². The van der Waals surface area contributed by atoms with Crippen molar-refractivity contribution in [2.45, 2.75) is 51.0 Å². The number of piperidine rings is 1. The van der Waals surface area contributed by atoms with Gasteiger partial charge in [0.25, 0.3) is 0 Å². The maximum absolute atomic E-state index is 11.8. The highest BCUT2D eigenvalue weighted by Crippen LogP contribution is 2.17. The summed E-state index contributed by atoms with van der Waals surface area (Å²) >= 11 is 0. The van der Waals surface area contributed by atoms with E-state index in [0.717, 1.165) is 25.9 Å². The number of nitrogens with zero attached hydrogens (tertiary/aromatic N) is 1. The third-order valence-corrected chi connectivity index (χ3v) is 3.64. The zero-order valence-corrected chi connectivity index (χ0v) is 10.1. The topological polar surface area (TPSA) is 32.3 Å². The van der Waals surface area contributed by atoms with Gasteiger partial charge in [-0.05, 0) is 45.2 Å². The van der Waals surface area contributed by atoms with Crippen molar-refractivity contribution in [3.05, 3.63) is 6.42 Å². The summed E-state index contributed by atoms with van der Waals surface area (Å²) in [6, 6.07) is 0.456. The van der Waals surface area contributed by atoms with E-state index in [1.807, 2.05) is 0 Å². The predicted molar refractivity (Wildman–Crippen MR) is 65.0 cm³/mol. The number of carbonyl (C=O) groups is 1. The van der Waals surface area contributed by atoms with Crippen LogP contribution >= 0.6 is 0 Å². The molecule has 0 unspecified atom stereocenters. The normalized spacial score (nSPS) is 24.2. The van der Waals surface area contributed by atoms with Gasteiger partial charge in [0.05, 0.1) is 6.54 Å². The Morgan fingerprint density at radius 3 is 2.56 bits per heavy atom. The largest absolute Gasteiger partial charge is 0.352 e. The van der Waals surface area contributed by atoms with Crippen molar-refractivity contribution >= 4 is 5.91 Å². The molecule has 91 valence electrons. The number of rotatable bonds is 3. The monoisotopic (exact) mass is 223 g/mol. The Labute approximate surface area is 98.6 Å². The van der Waals surface area contributed by atoms with E-state index in [1.54, 1.807) is 0 Å². The molecule has 1 saturated heterocycles. The molecule has 0 bridgehead atoms. The smallest absolute Gasteiger partial charge is 0.234 e. The first-order chi connectivity index (χ1) is 7.84. The second kappa shape index (κ2) is 6.24. The molecule has 1 heterocycles. The highest BCUT2D eigenvalue weighted by atomic mass is 16.2. The number of hydrogen-bond donors (Lipinski definition) is 1. The summed E-state index contributed by atoms with van der Waals surface area (Å²) in [6.45, 7) is 2.71. The minimum atomic E-state index is 0.230. The Morgan fingerprint density at radius 2 is 1.88 bits per heavy atom. The van der Waals surface area contributed by atoms with Crippen LogP contribution in [0.4, 0.5) is 0 Å². The molecule has 16 heavy (non-hydrogen) atoms. The molecule has 1 aliphatic carbocycles. The van der Waals surface area contributed by atoms with Crippen LogP contribution in [0.15, 0.2) is 0 Å². The first kappa shape index (κ1) is 11.9. The maximum Gasteiger partial charge on any atom is 0.234 e. The average Bonchev–Trinajstić information content (AvgIpc) is 2.31. The van der Waals surface area contributed by atoms with Crippen LogP contribution in [0.3, 0.4) is 0 Å². The van der Waals surface area contributed by atoms with Crippen molar-refractivity contribution in [3.8, 4) is 0 Å². The van der Waals surface area contributed by atoms with Crippen molar-refractivity contribution in [3.63, 3.8) is 0 Å². The van der Waals surface area contributed by atoms with Gasteiger partial charge in [0, 0.05) is 6.04 Å². The van der Waals surface area contributed by atoms with E-state index in [1.165, 1.54) is 32.1 Å². The summed E-state index contributed by atoms with van der Waals surface area (Å²) in [7, 11) is 0. The molecule has 1 aliphatic heterocycles. The second-order valence-electron chi connectivity index (χ2n) is 5.04. The Morgan fingerprint density at radius 1 is 1.19 bits per heavy atom. The van der Waals surface area contributed by atoms with Crippen molar-refractivity contribution in [2.24, 2.45) is 0 Å². The van der Waals surface area contributed by atoms with Crippen molar-refractivity contribution in [1.82, 2.24) is 10.2 Å². The fourth-order valence-corrected chi connectivity index (χ4v) is 2.69. The Hall–Kier alpha value is -0.570. The number of hydrogen-bond acceptors (Lipinski definition) is 2. The van der Waals surface area contributed by atoms with E-state index < -0.39 is 0 Å². The number of likely N-dealkylation sites (tertiary alicyclic amines) is 1. The molecule has 1 radical (unpaired) electrons. The minimum Gasteiger partial charge on any atom is -0.352 e. The first-order valence-corrected chi connectivity index (χ1v) is 6.68. The molecule has 3 heteroatoms. The fourth-order valence-electron chi connectivity index (χ4n) is 2.69. The van der Waals surface area contributed by atoms with Gasteiger partial charge >= 0.3 is 0 Å². The van der Waals surface area contributed by atoms with Gasteiger partial charge in [0.1, 0.15) is 0 Å². The fraction of sp³-hybridized carbons (Fsp3) is 0.846. The summed E-state index contributed by atoms with van der Waals surface area (Å²) in [5.74, 6) is 0.230. The molecular formula is C13H23N2O. The molecule has 3 nitrogen and oxygen atoms in total. The van der Waals surface area contributed by atoms with Gasteiger partial charge in [-0.15, -0.1) is 0 Å². The van der Waals surface area contributed by atoms with Gasteiger partial charge < -0.3 is 5.32 Å². The highest BCUT2D eigenvalue weighted by Gasteiger charge is 2.18. The Kier molecular flexibility index (Phi) is 4.64. The molecule has 2 rings (SSSR count). The molecule has 0 aromatic rings. The summed E-state index contributed by atoms with van der Waals surface area (Å²) in [5.41, 5.74) is 0. The molecule has 0 atom stereocenters. The van der Waals surface area contributed by atoms with Crippen LogP contribution in [-0.4, -0.2) is 36.5 Å². The minimum absolute atomic E-state index is 0.230. The lowest BCUT2D eigenvalue weighted by atomic mass is 9.95. The number of carbonyl (C=O) groups excluding carboxylic acids is 1.